The van der Waals surface area contributed by atoms with Gasteiger partial charge in [0.25, 0.3) is 0 Å². The van der Waals surface area contributed by atoms with Crippen LogP contribution in [0.15, 0.2) is 24.3 Å². The van der Waals surface area contributed by atoms with Crippen LogP contribution in [-0.2, 0) is 6.54 Å². The summed E-state index contributed by atoms with van der Waals surface area (Å²) in [5, 5.41) is 3.42. The molecule has 1 aromatic carbocycles. The molecular formula is C15H24N2. The first-order valence-corrected chi connectivity index (χ1v) is 6.84. The molecule has 0 aliphatic heterocycles. The normalized spacial score (nSPS) is 16.4. The van der Waals surface area contributed by atoms with Crippen LogP contribution in [0.25, 0.3) is 0 Å². The molecule has 17 heavy (non-hydrogen) atoms. The van der Waals surface area contributed by atoms with E-state index in [1.54, 1.807) is 0 Å². The van der Waals surface area contributed by atoms with Crippen LogP contribution in [0.1, 0.15) is 38.2 Å². The summed E-state index contributed by atoms with van der Waals surface area (Å²) < 4.78 is 0. The zero-order valence-corrected chi connectivity index (χ0v) is 11.1. The number of nitrogens with zero attached hydrogens (tertiary/aromatic N) is 1. The van der Waals surface area contributed by atoms with Crippen molar-refractivity contribution in [3.05, 3.63) is 29.8 Å². The standard InChI is InChI=1S/C15H24N2/c1-3-16-12-13-8-4-7-11-15(13)17(2)14-9-5-6-10-14/h4,7-8,11,14,16H,3,5-6,9-10,12H2,1-2H3. The fraction of sp³-hybridized carbons (Fsp3) is 0.600. The molecule has 1 fully saturated rings. The third kappa shape index (κ3) is 3.01. The molecule has 1 saturated carbocycles. The highest BCUT2D eigenvalue weighted by atomic mass is 15.1. The molecule has 1 aliphatic rings. The van der Waals surface area contributed by atoms with Crippen molar-refractivity contribution >= 4 is 5.69 Å². The Labute approximate surface area is 105 Å². The molecule has 2 nitrogen and oxygen atoms in total. The summed E-state index contributed by atoms with van der Waals surface area (Å²) >= 11 is 0. The van der Waals surface area contributed by atoms with Crippen LogP contribution >= 0.6 is 0 Å². The lowest BCUT2D eigenvalue weighted by Crippen LogP contribution is -2.30. The monoisotopic (exact) mass is 232 g/mol. The van der Waals surface area contributed by atoms with E-state index in [9.17, 15) is 0 Å². The topological polar surface area (TPSA) is 15.3 Å². The van der Waals surface area contributed by atoms with E-state index >= 15 is 0 Å². The Morgan fingerprint density at radius 2 is 1.94 bits per heavy atom. The maximum atomic E-state index is 3.42. The van der Waals surface area contributed by atoms with Gasteiger partial charge in [-0.1, -0.05) is 38.0 Å². The number of hydrogen-bond acceptors (Lipinski definition) is 2. The number of hydrogen-bond donors (Lipinski definition) is 1. The molecule has 0 amide bonds. The lowest BCUT2D eigenvalue weighted by molar-refractivity contribution is 0.645. The van der Waals surface area contributed by atoms with Gasteiger partial charge in [-0.3, -0.25) is 0 Å². The molecule has 0 spiro atoms. The van der Waals surface area contributed by atoms with Crippen LogP contribution < -0.4 is 10.2 Å². The van der Waals surface area contributed by atoms with Gasteiger partial charge < -0.3 is 10.2 Å². The summed E-state index contributed by atoms with van der Waals surface area (Å²) in [6.45, 7) is 4.16. The molecule has 94 valence electrons. The van der Waals surface area contributed by atoms with Crippen LogP contribution in [0.2, 0.25) is 0 Å². The quantitative estimate of drug-likeness (QED) is 0.839. The molecule has 1 aromatic rings. The van der Waals surface area contributed by atoms with Crippen molar-refractivity contribution < 1.29 is 0 Å². The minimum atomic E-state index is 0.748. The summed E-state index contributed by atoms with van der Waals surface area (Å²) in [5.41, 5.74) is 2.82. The van der Waals surface area contributed by atoms with E-state index in [4.69, 9.17) is 0 Å². The molecule has 2 rings (SSSR count). The molecule has 1 N–H and O–H groups in total. The average Bonchev–Trinajstić information content (AvgIpc) is 2.89. The van der Waals surface area contributed by atoms with E-state index in [1.807, 2.05) is 0 Å². The lowest BCUT2D eigenvalue weighted by atomic mass is 10.1. The van der Waals surface area contributed by atoms with E-state index in [0.717, 1.165) is 19.1 Å². The number of para-hydroxylation sites is 1. The molecule has 0 radical (unpaired) electrons. The molecule has 0 aromatic heterocycles. The number of benzene rings is 1. The summed E-state index contributed by atoms with van der Waals surface area (Å²) in [6, 6.07) is 9.53. The second-order valence-electron chi connectivity index (χ2n) is 4.96. The zero-order valence-electron chi connectivity index (χ0n) is 11.1. The smallest absolute Gasteiger partial charge is 0.0411 e. The summed E-state index contributed by atoms with van der Waals surface area (Å²) in [6.07, 6.45) is 5.49. The van der Waals surface area contributed by atoms with Crippen LogP contribution in [0, 0.1) is 0 Å². The third-order valence-corrected chi connectivity index (χ3v) is 3.81. The Kier molecular flexibility index (Phi) is 4.43. The highest BCUT2D eigenvalue weighted by Gasteiger charge is 2.20. The second-order valence-corrected chi connectivity index (χ2v) is 4.96. The van der Waals surface area contributed by atoms with Gasteiger partial charge in [0.2, 0.25) is 0 Å². The predicted octanol–water partition coefficient (Wildman–Crippen LogP) is 3.17. The van der Waals surface area contributed by atoms with Gasteiger partial charge in [0.1, 0.15) is 0 Å². The Morgan fingerprint density at radius 1 is 1.24 bits per heavy atom. The predicted molar refractivity (Wildman–Crippen MR) is 74.5 cm³/mol. The highest BCUT2D eigenvalue weighted by Crippen LogP contribution is 2.29. The molecule has 0 heterocycles. The van der Waals surface area contributed by atoms with Crippen LogP contribution in [0.4, 0.5) is 5.69 Å². The summed E-state index contributed by atoms with van der Waals surface area (Å²) in [4.78, 5) is 2.49. The van der Waals surface area contributed by atoms with Gasteiger partial charge in [-0.15, -0.1) is 0 Å². The molecule has 0 atom stereocenters. The Balaban J connectivity index is 2.12. The minimum absolute atomic E-state index is 0.748. The molecule has 0 bridgehead atoms. The highest BCUT2D eigenvalue weighted by molar-refractivity contribution is 5.54. The number of rotatable bonds is 5. The van der Waals surface area contributed by atoms with Crippen LogP contribution in [0.3, 0.4) is 0 Å². The van der Waals surface area contributed by atoms with Gasteiger partial charge in [-0.2, -0.15) is 0 Å². The Bertz CT molecular complexity index is 343. The largest absolute Gasteiger partial charge is 0.371 e. The summed E-state index contributed by atoms with van der Waals surface area (Å²) in [5.74, 6) is 0. The van der Waals surface area contributed by atoms with E-state index in [-0.39, 0.29) is 0 Å². The SMILES string of the molecule is CCNCc1ccccc1N(C)C1CCCC1. The fourth-order valence-electron chi connectivity index (χ4n) is 2.75. The Hall–Kier alpha value is -1.02. The van der Waals surface area contributed by atoms with E-state index < -0.39 is 0 Å². The Morgan fingerprint density at radius 3 is 2.65 bits per heavy atom. The van der Waals surface area contributed by atoms with E-state index in [0.29, 0.717) is 0 Å². The van der Waals surface area contributed by atoms with Crippen molar-refractivity contribution in [2.75, 3.05) is 18.5 Å². The maximum absolute atomic E-state index is 3.42. The zero-order chi connectivity index (χ0) is 12.1. The van der Waals surface area contributed by atoms with Gasteiger partial charge >= 0.3 is 0 Å². The van der Waals surface area contributed by atoms with Gasteiger partial charge in [0, 0.05) is 25.3 Å². The van der Waals surface area contributed by atoms with Crippen LogP contribution in [0.5, 0.6) is 0 Å². The lowest BCUT2D eigenvalue weighted by Gasteiger charge is -2.28. The van der Waals surface area contributed by atoms with Crippen LogP contribution in [-0.4, -0.2) is 19.6 Å². The fourth-order valence-corrected chi connectivity index (χ4v) is 2.75. The first-order chi connectivity index (χ1) is 8.33. The van der Waals surface area contributed by atoms with Gasteiger partial charge in [0.15, 0.2) is 0 Å². The first kappa shape index (κ1) is 12.4. The second kappa shape index (κ2) is 6.06. The summed E-state index contributed by atoms with van der Waals surface area (Å²) in [7, 11) is 2.25. The van der Waals surface area contributed by atoms with Crippen molar-refractivity contribution in [1.82, 2.24) is 5.32 Å². The van der Waals surface area contributed by atoms with E-state index in [2.05, 4.69) is 48.5 Å². The minimum Gasteiger partial charge on any atom is -0.371 e. The van der Waals surface area contributed by atoms with Crippen molar-refractivity contribution in [2.45, 2.75) is 45.2 Å². The van der Waals surface area contributed by atoms with Crippen molar-refractivity contribution in [3.8, 4) is 0 Å². The maximum Gasteiger partial charge on any atom is 0.0411 e. The van der Waals surface area contributed by atoms with Gasteiger partial charge in [-0.25, -0.2) is 0 Å². The molecule has 0 saturated heterocycles. The molecule has 2 heteroatoms. The van der Waals surface area contributed by atoms with Gasteiger partial charge in [-0.05, 0) is 31.0 Å². The van der Waals surface area contributed by atoms with Gasteiger partial charge in [0.05, 0.1) is 0 Å². The third-order valence-electron chi connectivity index (χ3n) is 3.81. The van der Waals surface area contributed by atoms with Crippen molar-refractivity contribution in [2.24, 2.45) is 0 Å². The van der Waals surface area contributed by atoms with Crippen molar-refractivity contribution in [1.29, 1.82) is 0 Å². The average molecular weight is 232 g/mol. The molecular weight excluding hydrogens is 208 g/mol. The number of anilines is 1. The van der Waals surface area contributed by atoms with Crippen molar-refractivity contribution in [3.63, 3.8) is 0 Å². The first-order valence-electron chi connectivity index (χ1n) is 6.84. The molecule has 1 aliphatic carbocycles. The molecule has 0 unspecified atom stereocenters. The van der Waals surface area contributed by atoms with E-state index in [1.165, 1.54) is 36.9 Å². The number of nitrogens with one attached hydrogen (secondary N) is 1.